The summed E-state index contributed by atoms with van der Waals surface area (Å²) in [4.78, 5) is 25.5. The molecule has 0 saturated heterocycles. The van der Waals surface area contributed by atoms with E-state index in [0.717, 1.165) is 36.8 Å². The molecule has 0 N–H and O–H groups in total. The van der Waals surface area contributed by atoms with E-state index in [1.807, 2.05) is 28.9 Å². The zero-order valence-electron chi connectivity index (χ0n) is 16.1. The molecule has 28 heavy (non-hydrogen) atoms. The van der Waals surface area contributed by atoms with Crippen LogP contribution in [0.4, 0.5) is 0 Å². The minimum absolute atomic E-state index is 0.0267. The maximum Gasteiger partial charge on any atom is 0.228 e. The first-order valence-corrected chi connectivity index (χ1v) is 9.56. The Morgan fingerprint density at radius 1 is 1.00 bits per heavy atom. The molecular weight excluding hydrogens is 358 g/mol. The van der Waals surface area contributed by atoms with Crippen molar-refractivity contribution in [3.63, 3.8) is 0 Å². The van der Waals surface area contributed by atoms with Gasteiger partial charge in [0.05, 0.1) is 19.7 Å². The predicted molar refractivity (Wildman–Crippen MR) is 102 cm³/mol. The van der Waals surface area contributed by atoms with Crippen molar-refractivity contribution in [3.8, 4) is 0 Å². The number of methoxy groups -OCH3 is 2. The lowest BCUT2D eigenvalue weighted by Gasteiger charge is -2.20. The van der Waals surface area contributed by atoms with Crippen LogP contribution in [0.3, 0.4) is 0 Å². The van der Waals surface area contributed by atoms with Gasteiger partial charge in [0.25, 0.3) is 0 Å². The van der Waals surface area contributed by atoms with Gasteiger partial charge in [0.2, 0.25) is 23.1 Å². The van der Waals surface area contributed by atoms with Gasteiger partial charge in [-0.25, -0.2) is 4.68 Å². The van der Waals surface area contributed by atoms with E-state index < -0.39 is 0 Å². The topological polar surface area (TPSA) is 83.3 Å². The maximum absolute atomic E-state index is 12.8. The normalized spacial score (nSPS) is 18.5. The summed E-state index contributed by atoms with van der Waals surface area (Å²) in [5.41, 5.74) is 3.10. The average Bonchev–Trinajstić information content (AvgIpc) is 3.00. The molecular formula is C21H23N3O4. The molecule has 146 valence electrons. The molecule has 4 rings (SSSR count). The lowest BCUT2D eigenvalue weighted by molar-refractivity contribution is -0.121. The molecule has 0 amide bonds. The van der Waals surface area contributed by atoms with E-state index in [1.54, 1.807) is 0 Å². The highest BCUT2D eigenvalue weighted by molar-refractivity contribution is 6.23. The average molecular weight is 381 g/mol. The fourth-order valence-electron chi connectivity index (χ4n) is 4.17. The van der Waals surface area contributed by atoms with Crippen molar-refractivity contribution in [1.29, 1.82) is 0 Å². The molecule has 7 heteroatoms. The van der Waals surface area contributed by atoms with Crippen molar-refractivity contribution in [1.82, 2.24) is 15.0 Å². The Morgan fingerprint density at radius 3 is 2.21 bits per heavy atom. The third kappa shape index (κ3) is 3.10. The molecule has 2 aliphatic rings. The third-order valence-corrected chi connectivity index (χ3v) is 5.71. The molecule has 1 heterocycles. The summed E-state index contributed by atoms with van der Waals surface area (Å²) in [5, 5.41) is 8.45. The van der Waals surface area contributed by atoms with E-state index in [1.165, 1.54) is 14.2 Å². The molecule has 0 atom stereocenters. The van der Waals surface area contributed by atoms with Gasteiger partial charge in [0, 0.05) is 17.7 Å². The highest BCUT2D eigenvalue weighted by atomic mass is 16.5. The SMILES string of the molecule is COC1=C(OC)C(=O)C2=C(CCC(CCn3nnc4ccccc43)CC2)C1=O. The number of hydrogen-bond acceptors (Lipinski definition) is 6. The number of rotatable bonds is 5. The molecule has 0 unspecified atom stereocenters. The van der Waals surface area contributed by atoms with Crippen LogP contribution in [-0.4, -0.2) is 40.8 Å². The van der Waals surface area contributed by atoms with Crippen molar-refractivity contribution >= 4 is 22.6 Å². The summed E-state index contributed by atoms with van der Waals surface area (Å²) in [6, 6.07) is 7.90. The fourth-order valence-corrected chi connectivity index (χ4v) is 4.17. The summed E-state index contributed by atoms with van der Waals surface area (Å²) in [5.74, 6) is 0.0393. The second-order valence-corrected chi connectivity index (χ2v) is 7.22. The van der Waals surface area contributed by atoms with Crippen LogP contribution in [0, 0.1) is 5.92 Å². The van der Waals surface area contributed by atoms with Gasteiger partial charge in [-0.3, -0.25) is 9.59 Å². The van der Waals surface area contributed by atoms with Gasteiger partial charge in [-0.1, -0.05) is 17.3 Å². The summed E-state index contributed by atoms with van der Waals surface area (Å²) in [6.45, 7) is 0.766. The van der Waals surface area contributed by atoms with E-state index in [2.05, 4.69) is 10.3 Å². The number of carbonyl (C=O) groups excluding carboxylic acids is 2. The molecule has 0 aliphatic heterocycles. The van der Waals surface area contributed by atoms with Crippen molar-refractivity contribution in [2.75, 3.05) is 14.2 Å². The molecule has 0 saturated carbocycles. The second kappa shape index (κ2) is 7.58. The Kier molecular flexibility index (Phi) is 4.98. The molecule has 0 spiro atoms. The first kappa shape index (κ1) is 18.4. The number of para-hydroxylation sites is 1. The minimum Gasteiger partial charge on any atom is -0.489 e. The van der Waals surface area contributed by atoms with E-state index in [4.69, 9.17) is 9.47 Å². The maximum atomic E-state index is 12.8. The summed E-state index contributed by atoms with van der Waals surface area (Å²) < 4.78 is 12.3. The summed E-state index contributed by atoms with van der Waals surface area (Å²) in [6.07, 6.45) is 3.84. The van der Waals surface area contributed by atoms with Crippen molar-refractivity contribution < 1.29 is 19.1 Å². The molecule has 7 nitrogen and oxygen atoms in total. The highest BCUT2D eigenvalue weighted by Crippen LogP contribution is 2.37. The second-order valence-electron chi connectivity index (χ2n) is 7.22. The van der Waals surface area contributed by atoms with Gasteiger partial charge in [-0.2, -0.15) is 0 Å². The number of benzene rings is 1. The van der Waals surface area contributed by atoms with Crippen molar-refractivity contribution in [2.24, 2.45) is 5.92 Å². The lowest BCUT2D eigenvalue weighted by Crippen LogP contribution is -2.25. The smallest absolute Gasteiger partial charge is 0.228 e. The van der Waals surface area contributed by atoms with Crippen molar-refractivity contribution in [3.05, 3.63) is 46.9 Å². The summed E-state index contributed by atoms with van der Waals surface area (Å²) >= 11 is 0. The molecule has 0 radical (unpaired) electrons. The van der Waals surface area contributed by atoms with Gasteiger partial charge in [-0.15, -0.1) is 5.10 Å². The number of aromatic nitrogens is 3. The molecule has 1 aromatic carbocycles. The first-order chi connectivity index (χ1) is 13.6. The largest absolute Gasteiger partial charge is 0.489 e. The van der Waals surface area contributed by atoms with Crippen LogP contribution in [-0.2, 0) is 25.6 Å². The van der Waals surface area contributed by atoms with Gasteiger partial charge in [-0.05, 0) is 50.2 Å². The van der Waals surface area contributed by atoms with Gasteiger partial charge >= 0.3 is 0 Å². The van der Waals surface area contributed by atoms with Crippen LogP contribution < -0.4 is 0 Å². The lowest BCUT2D eigenvalue weighted by atomic mass is 9.89. The highest BCUT2D eigenvalue weighted by Gasteiger charge is 2.37. The van der Waals surface area contributed by atoms with Crippen LogP contribution in [0.5, 0.6) is 0 Å². The number of ether oxygens (including phenoxy) is 2. The van der Waals surface area contributed by atoms with E-state index in [0.29, 0.717) is 29.9 Å². The molecule has 2 aliphatic carbocycles. The Morgan fingerprint density at radius 2 is 1.61 bits per heavy atom. The van der Waals surface area contributed by atoms with Crippen LogP contribution >= 0.6 is 0 Å². The number of nitrogens with zero attached hydrogens (tertiary/aromatic N) is 3. The van der Waals surface area contributed by atoms with Crippen LogP contribution in [0.25, 0.3) is 11.0 Å². The van der Waals surface area contributed by atoms with Crippen LogP contribution in [0.15, 0.2) is 46.9 Å². The van der Waals surface area contributed by atoms with Crippen LogP contribution in [0.2, 0.25) is 0 Å². The molecule has 2 aromatic rings. The summed E-state index contributed by atoms with van der Waals surface area (Å²) in [7, 11) is 2.79. The zero-order chi connectivity index (χ0) is 19.7. The number of aryl methyl sites for hydroxylation is 1. The van der Waals surface area contributed by atoms with Gasteiger partial charge < -0.3 is 9.47 Å². The Hall–Kier alpha value is -2.96. The van der Waals surface area contributed by atoms with Crippen LogP contribution in [0.1, 0.15) is 32.1 Å². The number of hydrogen-bond donors (Lipinski definition) is 0. The monoisotopic (exact) mass is 381 g/mol. The number of Topliss-reactive ketones (excluding diaryl/α,β-unsaturated/α-hetero) is 2. The predicted octanol–water partition coefficient (Wildman–Crippen LogP) is 2.96. The van der Waals surface area contributed by atoms with Crippen molar-refractivity contribution in [2.45, 2.75) is 38.6 Å². The third-order valence-electron chi connectivity index (χ3n) is 5.71. The quantitative estimate of drug-likeness (QED) is 0.741. The minimum atomic E-state index is -0.211. The molecule has 0 fully saturated rings. The van der Waals surface area contributed by atoms with E-state index >= 15 is 0 Å². The first-order valence-electron chi connectivity index (χ1n) is 9.56. The van der Waals surface area contributed by atoms with E-state index in [-0.39, 0.29) is 23.1 Å². The van der Waals surface area contributed by atoms with E-state index in [9.17, 15) is 9.59 Å². The Balaban J connectivity index is 1.46. The Labute approximate surface area is 163 Å². The Bertz CT molecular complexity index is 962. The standard InChI is InChI=1S/C21H23N3O4/c1-27-20-18(25)14-9-7-13(8-10-15(14)19(26)21(20)28-2)11-12-24-17-6-4-3-5-16(17)22-23-24/h3-6,13H,7-12H2,1-2H3. The zero-order valence-corrected chi connectivity index (χ0v) is 16.1. The van der Waals surface area contributed by atoms with Gasteiger partial charge in [0.1, 0.15) is 5.52 Å². The number of ketones is 2. The number of allylic oxidation sites excluding steroid dienone is 2. The fraction of sp³-hybridized carbons (Fsp3) is 0.429. The molecule has 0 bridgehead atoms. The number of carbonyl (C=O) groups is 2. The molecule has 1 aromatic heterocycles. The number of fused-ring (bicyclic) bond motifs is 1. The van der Waals surface area contributed by atoms with Gasteiger partial charge in [0.15, 0.2) is 0 Å².